The summed E-state index contributed by atoms with van der Waals surface area (Å²) in [5.74, 6) is -4.10. The number of carboxylic acids is 1. The molecule has 0 spiro atoms. The molecule has 0 aliphatic rings. The normalized spacial score (nSPS) is 12.8. The van der Waals surface area contributed by atoms with Gasteiger partial charge in [0.25, 0.3) is 0 Å². The van der Waals surface area contributed by atoms with E-state index in [1.54, 1.807) is 6.20 Å². The molecule has 1 heterocycles. The number of amides is 2. The van der Waals surface area contributed by atoms with Crippen LogP contribution in [-0.2, 0) is 23.9 Å². The quantitative estimate of drug-likeness (QED) is 0.302. The number of carbonyl (C=O) groups excluding carboxylic acids is 3. The summed E-state index contributed by atoms with van der Waals surface area (Å²) in [6.45, 7) is -0.125. The Morgan fingerprint density at radius 1 is 1.25 bits per heavy atom. The molecule has 2 aromatic rings. The van der Waals surface area contributed by atoms with Gasteiger partial charge < -0.3 is 25.5 Å². The number of rotatable bonds is 9. The first-order valence-corrected chi connectivity index (χ1v) is 9.04. The number of H-pyrrole nitrogens is 1. The number of methoxy groups -OCH3 is 1. The van der Waals surface area contributed by atoms with Crippen LogP contribution in [0.4, 0.5) is 0 Å². The summed E-state index contributed by atoms with van der Waals surface area (Å²) in [5, 5.41) is 14.6. The number of aliphatic carboxylic acids is 1. The van der Waals surface area contributed by atoms with Crippen LogP contribution < -0.4 is 10.6 Å². The summed E-state index contributed by atoms with van der Waals surface area (Å²) in [6, 6.07) is 6.07. The number of carbonyl (C=O) groups is 4. The average Bonchev–Trinajstić information content (AvgIpc) is 3.10. The first kappa shape index (κ1) is 21.3. The predicted octanol–water partition coefficient (Wildman–Crippen LogP) is 0.430. The lowest BCUT2D eigenvalue weighted by Gasteiger charge is -2.19. The smallest absolute Gasteiger partial charge is 0.315 e. The van der Waals surface area contributed by atoms with Crippen LogP contribution in [0.3, 0.4) is 0 Å². The molecule has 0 aliphatic heterocycles. The number of thiol groups is 1. The molecule has 150 valence electrons. The third-order valence-corrected chi connectivity index (χ3v) is 4.42. The molecule has 2 unspecified atom stereocenters. The van der Waals surface area contributed by atoms with Crippen molar-refractivity contribution >= 4 is 47.3 Å². The molecule has 0 radical (unpaired) electrons. The van der Waals surface area contributed by atoms with Gasteiger partial charge >= 0.3 is 11.9 Å². The second-order valence-corrected chi connectivity index (χ2v) is 6.30. The number of hydrogen-bond donors (Lipinski definition) is 5. The third-order valence-electron chi connectivity index (χ3n) is 4.14. The van der Waals surface area contributed by atoms with E-state index in [0.717, 1.165) is 10.9 Å². The Labute approximate surface area is 166 Å². The maximum absolute atomic E-state index is 12.4. The Morgan fingerprint density at radius 3 is 2.61 bits per heavy atom. The van der Waals surface area contributed by atoms with Crippen molar-refractivity contribution in [2.45, 2.75) is 18.4 Å². The van der Waals surface area contributed by atoms with Crippen LogP contribution in [0.5, 0.6) is 0 Å². The average molecular weight is 407 g/mol. The van der Waals surface area contributed by atoms with Crippen LogP contribution in [0.2, 0.25) is 0 Å². The number of hydrogen-bond acceptors (Lipinski definition) is 6. The molecule has 0 bridgehead atoms. The van der Waals surface area contributed by atoms with E-state index in [2.05, 4.69) is 28.2 Å². The number of ether oxygens (including phenoxy) is 1. The third kappa shape index (κ3) is 5.26. The fraction of sp³-hybridized carbons (Fsp3) is 0.333. The van der Waals surface area contributed by atoms with Gasteiger partial charge in [0.15, 0.2) is 0 Å². The second kappa shape index (κ2) is 9.79. The number of aromatic amines is 1. The van der Waals surface area contributed by atoms with Crippen molar-refractivity contribution in [1.29, 1.82) is 0 Å². The zero-order valence-electron chi connectivity index (χ0n) is 15.1. The van der Waals surface area contributed by atoms with Gasteiger partial charge in [-0.1, -0.05) is 18.2 Å². The molecule has 9 nitrogen and oxygen atoms in total. The van der Waals surface area contributed by atoms with Gasteiger partial charge in [0.1, 0.15) is 12.0 Å². The standard InChI is InChI=1S/C18H21N3O6S/c1-27-18(26)12(11-7-19-13-5-3-2-4-10(11)13)8-20-17(25)14(6-16(23)24)21-15(22)9-28/h2-5,7,12,14,19,28H,6,8-9H2,1H3,(H,20,25)(H,21,22)(H,23,24). The van der Waals surface area contributed by atoms with Gasteiger partial charge in [-0.25, -0.2) is 0 Å². The minimum atomic E-state index is -1.28. The molecule has 0 fully saturated rings. The molecule has 2 atom stereocenters. The first-order chi connectivity index (χ1) is 13.4. The Kier molecular flexibility index (Phi) is 7.44. The van der Waals surface area contributed by atoms with Crippen LogP contribution >= 0.6 is 12.6 Å². The number of para-hydroxylation sites is 1. The largest absolute Gasteiger partial charge is 0.481 e. The molecule has 0 saturated carbocycles. The van der Waals surface area contributed by atoms with Crippen molar-refractivity contribution in [1.82, 2.24) is 15.6 Å². The van der Waals surface area contributed by atoms with Gasteiger partial charge in [0.05, 0.1) is 19.3 Å². The Hall–Kier alpha value is -3.01. The summed E-state index contributed by atoms with van der Waals surface area (Å²) in [7, 11) is 1.24. The number of esters is 1. The van der Waals surface area contributed by atoms with Gasteiger partial charge in [-0.3, -0.25) is 19.2 Å². The minimum absolute atomic E-state index is 0.125. The number of carboxylic acid groups (broad SMARTS) is 1. The van der Waals surface area contributed by atoms with Crippen molar-refractivity contribution in [3.8, 4) is 0 Å². The van der Waals surface area contributed by atoms with Crippen LogP contribution in [0.25, 0.3) is 10.9 Å². The maximum Gasteiger partial charge on any atom is 0.315 e. The van der Waals surface area contributed by atoms with Crippen molar-refractivity contribution in [2.75, 3.05) is 19.4 Å². The van der Waals surface area contributed by atoms with Gasteiger partial charge in [-0.15, -0.1) is 0 Å². The molecule has 1 aromatic carbocycles. The van der Waals surface area contributed by atoms with E-state index in [4.69, 9.17) is 9.84 Å². The summed E-state index contributed by atoms with van der Waals surface area (Å²) in [5.41, 5.74) is 1.46. The first-order valence-electron chi connectivity index (χ1n) is 8.41. The minimum Gasteiger partial charge on any atom is -0.481 e. The van der Waals surface area contributed by atoms with Gasteiger partial charge in [0.2, 0.25) is 11.8 Å². The molecule has 0 aliphatic carbocycles. The molecule has 4 N–H and O–H groups in total. The summed E-state index contributed by atoms with van der Waals surface area (Å²) in [4.78, 5) is 50.2. The van der Waals surface area contributed by atoms with E-state index < -0.39 is 42.1 Å². The molecule has 1 aromatic heterocycles. The Bertz CT molecular complexity index is 881. The lowest BCUT2D eigenvalue weighted by atomic mass is 9.98. The van der Waals surface area contributed by atoms with E-state index in [-0.39, 0.29) is 12.3 Å². The summed E-state index contributed by atoms with van der Waals surface area (Å²) >= 11 is 3.79. The summed E-state index contributed by atoms with van der Waals surface area (Å²) in [6.07, 6.45) is 1.07. The maximum atomic E-state index is 12.4. The van der Waals surface area contributed by atoms with Crippen molar-refractivity contribution in [3.05, 3.63) is 36.0 Å². The highest BCUT2D eigenvalue weighted by molar-refractivity contribution is 7.81. The number of aromatic nitrogens is 1. The van der Waals surface area contributed by atoms with E-state index in [1.165, 1.54) is 7.11 Å². The zero-order valence-corrected chi connectivity index (χ0v) is 16.0. The number of benzene rings is 1. The predicted molar refractivity (Wildman–Crippen MR) is 104 cm³/mol. The number of fused-ring (bicyclic) bond motifs is 1. The molecule has 2 rings (SSSR count). The molecular weight excluding hydrogens is 386 g/mol. The summed E-state index contributed by atoms with van der Waals surface area (Å²) < 4.78 is 4.85. The van der Waals surface area contributed by atoms with E-state index >= 15 is 0 Å². The second-order valence-electron chi connectivity index (χ2n) is 5.99. The Balaban J connectivity index is 2.18. The highest BCUT2D eigenvalue weighted by Gasteiger charge is 2.28. The molecule has 0 saturated heterocycles. The molecule has 2 amide bonds. The molecular formula is C18H21N3O6S. The monoisotopic (exact) mass is 407 g/mol. The number of nitrogens with one attached hydrogen (secondary N) is 3. The van der Waals surface area contributed by atoms with Crippen LogP contribution in [0.15, 0.2) is 30.5 Å². The zero-order chi connectivity index (χ0) is 20.7. The van der Waals surface area contributed by atoms with E-state index in [9.17, 15) is 19.2 Å². The lowest BCUT2D eigenvalue weighted by molar-refractivity contribution is -0.143. The molecule has 10 heteroatoms. The Morgan fingerprint density at radius 2 is 1.96 bits per heavy atom. The van der Waals surface area contributed by atoms with Crippen molar-refractivity contribution in [3.63, 3.8) is 0 Å². The van der Waals surface area contributed by atoms with Crippen molar-refractivity contribution in [2.24, 2.45) is 0 Å². The van der Waals surface area contributed by atoms with Gasteiger partial charge in [-0.2, -0.15) is 12.6 Å². The van der Waals surface area contributed by atoms with Crippen LogP contribution in [0, 0.1) is 0 Å². The SMILES string of the molecule is COC(=O)C(CNC(=O)C(CC(=O)O)NC(=O)CS)c1c[nH]c2ccccc12. The van der Waals surface area contributed by atoms with Crippen LogP contribution in [0.1, 0.15) is 17.9 Å². The fourth-order valence-electron chi connectivity index (χ4n) is 2.79. The van der Waals surface area contributed by atoms with Crippen molar-refractivity contribution < 1.29 is 29.0 Å². The topological polar surface area (TPSA) is 138 Å². The van der Waals surface area contributed by atoms with Crippen LogP contribution in [-0.4, -0.2) is 59.3 Å². The fourth-order valence-corrected chi connectivity index (χ4v) is 2.89. The van der Waals surface area contributed by atoms with E-state index in [0.29, 0.717) is 5.56 Å². The van der Waals surface area contributed by atoms with Gasteiger partial charge in [0, 0.05) is 23.6 Å². The molecule has 28 heavy (non-hydrogen) atoms. The highest BCUT2D eigenvalue weighted by atomic mass is 32.1. The van der Waals surface area contributed by atoms with E-state index in [1.807, 2.05) is 24.3 Å². The van der Waals surface area contributed by atoms with Gasteiger partial charge in [-0.05, 0) is 11.6 Å². The lowest BCUT2D eigenvalue weighted by Crippen LogP contribution is -2.49. The highest BCUT2D eigenvalue weighted by Crippen LogP contribution is 2.26.